The van der Waals surface area contributed by atoms with Crippen molar-refractivity contribution in [1.82, 2.24) is 0 Å². The van der Waals surface area contributed by atoms with Crippen molar-refractivity contribution < 1.29 is 14.3 Å². The largest absolute Gasteiger partial charge is 0.494 e. The number of hydrogen-bond acceptors (Lipinski definition) is 4. The quantitative estimate of drug-likeness (QED) is 0.780. The Bertz CT molecular complexity index is 973. The molecule has 146 valence electrons. The maximum absolute atomic E-state index is 13.2. The third kappa shape index (κ3) is 2.95. The minimum atomic E-state index is -0.291. The summed E-state index contributed by atoms with van der Waals surface area (Å²) >= 11 is 0. The van der Waals surface area contributed by atoms with Crippen LogP contribution in [0.15, 0.2) is 30.3 Å². The normalized spacial score (nSPS) is 16.4. The summed E-state index contributed by atoms with van der Waals surface area (Å²) in [7, 11) is 1.57. The lowest BCUT2D eigenvalue weighted by Crippen LogP contribution is -2.30. The maximum atomic E-state index is 13.2. The number of anilines is 2. The first-order chi connectivity index (χ1) is 13.3. The van der Waals surface area contributed by atoms with Gasteiger partial charge in [0.15, 0.2) is 0 Å². The highest BCUT2D eigenvalue weighted by molar-refractivity contribution is 6.35. The Hall–Kier alpha value is -2.82. The van der Waals surface area contributed by atoms with Crippen molar-refractivity contribution in [2.45, 2.75) is 45.4 Å². The minimum absolute atomic E-state index is 0.0980. The number of carbonyl (C=O) groups is 2. The molecule has 4 rings (SSSR count). The number of fused-ring (bicyclic) bond motifs is 2. The molecule has 0 aromatic heterocycles. The van der Waals surface area contributed by atoms with Crippen LogP contribution in [0.4, 0.5) is 11.4 Å². The van der Waals surface area contributed by atoms with Gasteiger partial charge < -0.3 is 10.1 Å². The van der Waals surface area contributed by atoms with Gasteiger partial charge >= 0.3 is 0 Å². The van der Waals surface area contributed by atoms with Crippen LogP contribution in [0, 0.1) is 0 Å². The molecule has 0 saturated carbocycles. The fourth-order valence-corrected chi connectivity index (χ4v) is 3.91. The van der Waals surface area contributed by atoms with Crippen molar-refractivity contribution in [3.63, 3.8) is 0 Å². The van der Waals surface area contributed by atoms with E-state index in [1.807, 2.05) is 24.3 Å². The molecule has 5 heteroatoms. The number of imide groups is 1. The third-order valence-corrected chi connectivity index (χ3v) is 5.59. The summed E-state index contributed by atoms with van der Waals surface area (Å²) in [4.78, 5) is 27.6. The topological polar surface area (TPSA) is 58.6 Å². The highest BCUT2D eigenvalue weighted by Gasteiger charge is 2.39. The molecule has 2 amide bonds. The first-order valence-corrected chi connectivity index (χ1v) is 9.79. The molecule has 0 unspecified atom stereocenters. The highest BCUT2D eigenvalue weighted by Crippen LogP contribution is 2.40. The molecule has 5 nitrogen and oxygen atoms in total. The number of carbonyl (C=O) groups excluding carboxylic acids is 2. The Labute approximate surface area is 165 Å². The Morgan fingerprint density at radius 2 is 1.75 bits per heavy atom. The van der Waals surface area contributed by atoms with Crippen LogP contribution < -0.4 is 15.0 Å². The molecule has 2 aromatic carbocycles. The smallest absolute Gasteiger partial charge is 0.266 e. The molecule has 2 aliphatic heterocycles. The molecule has 0 aliphatic carbocycles. The summed E-state index contributed by atoms with van der Waals surface area (Å²) in [5.41, 5.74) is 4.51. The van der Waals surface area contributed by atoms with Crippen LogP contribution in [0.1, 0.15) is 65.5 Å². The van der Waals surface area contributed by atoms with Crippen LogP contribution in [0.2, 0.25) is 0 Å². The van der Waals surface area contributed by atoms with E-state index in [1.165, 1.54) is 4.90 Å². The number of aryl methyl sites for hydroxylation is 1. The lowest BCUT2D eigenvalue weighted by atomic mass is 9.85. The van der Waals surface area contributed by atoms with Gasteiger partial charge in [-0.2, -0.15) is 0 Å². The number of nitrogens with zero attached hydrogens (tertiary/aromatic N) is 1. The molecular formula is C23H26N2O3. The Morgan fingerprint density at radius 1 is 1.00 bits per heavy atom. The first kappa shape index (κ1) is 18.5. The van der Waals surface area contributed by atoms with Crippen LogP contribution in [0.3, 0.4) is 0 Å². The van der Waals surface area contributed by atoms with Crippen LogP contribution in [0.5, 0.6) is 5.75 Å². The Kier molecular flexibility index (Phi) is 4.41. The van der Waals surface area contributed by atoms with Gasteiger partial charge in [0.2, 0.25) is 0 Å². The molecule has 0 radical (unpaired) electrons. The number of hydrogen-bond donors (Lipinski definition) is 1. The van der Waals surface area contributed by atoms with Crippen molar-refractivity contribution in [2.75, 3.05) is 23.9 Å². The van der Waals surface area contributed by atoms with Crippen LogP contribution in [-0.2, 0) is 11.8 Å². The van der Waals surface area contributed by atoms with Gasteiger partial charge in [-0.1, -0.05) is 26.8 Å². The first-order valence-electron chi connectivity index (χ1n) is 9.79. The van der Waals surface area contributed by atoms with Crippen molar-refractivity contribution >= 4 is 23.2 Å². The number of nitrogens with one attached hydrogen (secondary N) is 1. The van der Waals surface area contributed by atoms with Crippen molar-refractivity contribution in [3.8, 4) is 5.75 Å². The Morgan fingerprint density at radius 3 is 2.46 bits per heavy atom. The van der Waals surface area contributed by atoms with Gasteiger partial charge in [-0.05, 0) is 54.0 Å². The molecule has 2 aromatic rings. The zero-order chi connectivity index (χ0) is 20.1. The number of amides is 2. The molecule has 0 saturated heterocycles. The molecular weight excluding hydrogens is 352 g/mol. The summed E-state index contributed by atoms with van der Waals surface area (Å²) in [6.45, 7) is 7.20. The molecule has 2 heterocycles. The molecule has 28 heavy (non-hydrogen) atoms. The molecule has 0 bridgehead atoms. The molecule has 0 fully saturated rings. The molecule has 1 N–H and O–H groups in total. The van der Waals surface area contributed by atoms with E-state index in [2.05, 4.69) is 26.1 Å². The minimum Gasteiger partial charge on any atom is -0.494 e. The second-order valence-corrected chi connectivity index (χ2v) is 8.52. The van der Waals surface area contributed by atoms with E-state index in [9.17, 15) is 9.59 Å². The van der Waals surface area contributed by atoms with Crippen LogP contribution in [0.25, 0.3) is 0 Å². The number of methoxy groups -OCH3 is 1. The summed E-state index contributed by atoms with van der Waals surface area (Å²) in [5, 5.41) is 3.41. The Balaban J connectivity index is 1.81. The second-order valence-electron chi connectivity index (χ2n) is 8.52. The summed E-state index contributed by atoms with van der Waals surface area (Å²) in [5.74, 6) is -0.0510. The average Bonchev–Trinajstić information content (AvgIpc) is 2.80. The average molecular weight is 378 g/mol. The van der Waals surface area contributed by atoms with Crippen molar-refractivity contribution in [2.24, 2.45) is 0 Å². The van der Waals surface area contributed by atoms with E-state index in [-0.39, 0.29) is 17.2 Å². The standard InChI is InChI=1S/C23H26N2O3/c1-23(2,3)15-8-9-16-17(12-15)22(27)25(21(16)26)19-11-14-7-5-6-10-24-18(14)13-20(19)28-4/h8-9,11-13,24H,5-7,10H2,1-4H3. The summed E-state index contributed by atoms with van der Waals surface area (Å²) in [6.07, 6.45) is 3.08. The number of ether oxygens (including phenoxy) is 1. The van der Waals surface area contributed by atoms with Gasteiger partial charge in [0.25, 0.3) is 11.8 Å². The van der Waals surface area contributed by atoms with Crippen LogP contribution in [-0.4, -0.2) is 25.5 Å². The van der Waals surface area contributed by atoms with Gasteiger partial charge in [-0.15, -0.1) is 0 Å². The lowest BCUT2D eigenvalue weighted by molar-refractivity contribution is 0.0925. The van der Waals surface area contributed by atoms with Gasteiger partial charge in [-0.25, -0.2) is 4.90 Å². The third-order valence-electron chi connectivity index (χ3n) is 5.59. The van der Waals surface area contributed by atoms with E-state index >= 15 is 0 Å². The van der Waals surface area contributed by atoms with Crippen molar-refractivity contribution in [1.29, 1.82) is 0 Å². The molecule has 0 spiro atoms. The fourth-order valence-electron chi connectivity index (χ4n) is 3.91. The summed E-state index contributed by atoms with van der Waals surface area (Å²) < 4.78 is 5.55. The predicted molar refractivity (Wildman–Crippen MR) is 111 cm³/mol. The molecule has 0 atom stereocenters. The monoisotopic (exact) mass is 378 g/mol. The zero-order valence-electron chi connectivity index (χ0n) is 16.9. The van der Waals surface area contributed by atoms with Gasteiger partial charge in [0.1, 0.15) is 5.75 Å². The van der Waals surface area contributed by atoms with E-state index in [1.54, 1.807) is 13.2 Å². The fraction of sp³-hybridized carbons (Fsp3) is 0.391. The highest BCUT2D eigenvalue weighted by atomic mass is 16.5. The van der Waals surface area contributed by atoms with Crippen LogP contribution >= 0.6 is 0 Å². The second kappa shape index (κ2) is 6.66. The van der Waals surface area contributed by atoms with Crippen molar-refractivity contribution in [3.05, 3.63) is 52.6 Å². The zero-order valence-corrected chi connectivity index (χ0v) is 16.9. The van der Waals surface area contributed by atoms with E-state index in [0.717, 1.165) is 42.6 Å². The maximum Gasteiger partial charge on any atom is 0.266 e. The van der Waals surface area contributed by atoms with E-state index < -0.39 is 0 Å². The number of rotatable bonds is 2. The molecule has 2 aliphatic rings. The predicted octanol–water partition coefficient (Wildman–Crippen LogP) is 4.54. The van der Waals surface area contributed by atoms with Gasteiger partial charge in [-0.3, -0.25) is 9.59 Å². The lowest BCUT2D eigenvalue weighted by Gasteiger charge is -2.20. The van der Waals surface area contributed by atoms with E-state index in [0.29, 0.717) is 22.6 Å². The SMILES string of the molecule is COc1cc2c(cc1N1C(=O)c3ccc(C(C)(C)C)cc3C1=O)CCCCN2. The van der Waals surface area contributed by atoms with Gasteiger partial charge in [0, 0.05) is 18.3 Å². The number of benzene rings is 2. The van der Waals surface area contributed by atoms with E-state index in [4.69, 9.17) is 4.74 Å². The summed E-state index contributed by atoms with van der Waals surface area (Å²) in [6, 6.07) is 9.39. The van der Waals surface area contributed by atoms with Gasteiger partial charge in [0.05, 0.1) is 23.9 Å².